The molecular formula is C22H24N2O4S. The van der Waals surface area contributed by atoms with Crippen LogP contribution < -0.4 is 10.0 Å². The van der Waals surface area contributed by atoms with Crippen LogP contribution in [0.2, 0.25) is 0 Å². The smallest absolute Gasteiger partial charge is 0.240 e. The van der Waals surface area contributed by atoms with E-state index in [0.29, 0.717) is 5.69 Å². The van der Waals surface area contributed by atoms with Gasteiger partial charge in [0.05, 0.1) is 17.6 Å². The van der Waals surface area contributed by atoms with Crippen LogP contribution >= 0.6 is 0 Å². The number of benzene rings is 2. The van der Waals surface area contributed by atoms with Crippen molar-refractivity contribution in [3.63, 3.8) is 0 Å². The van der Waals surface area contributed by atoms with Crippen molar-refractivity contribution in [3.8, 4) is 0 Å². The fourth-order valence-corrected chi connectivity index (χ4v) is 5.01. The van der Waals surface area contributed by atoms with Crippen molar-refractivity contribution in [1.29, 1.82) is 0 Å². The third kappa shape index (κ3) is 4.21. The van der Waals surface area contributed by atoms with Crippen molar-refractivity contribution in [1.82, 2.24) is 4.72 Å². The van der Waals surface area contributed by atoms with Crippen LogP contribution in [0.15, 0.2) is 52.0 Å². The lowest BCUT2D eigenvalue weighted by Gasteiger charge is -2.10. The first-order valence-electron chi connectivity index (χ1n) is 9.76. The van der Waals surface area contributed by atoms with Crippen LogP contribution in [0.25, 0.3) is 11.0 Å². The Morgan fingerprint density at radius 2 is 1.79 bits per heavy atom. The molecule has 1 amide bonds. The van der Waals surface area contributed by atoms with Crippen molar-refractivity contribution < 1.29 is 17.6 Å². The molecule has 2 N–H and O–H groups in total. The predicted octanol–water partition coefficient (Wildman–Crippen LogP) is 3.79. The Morgan fingerprint density at radius 3 is 2.48 bits per heavy atom. The monoisotopic (exact) mass is 412 g/mol. The highest BCUT2D eigenvalue weighted by Gasteiger charge is 2.18. The summed E-state index contributed by atoms with van der Waals surface area (Å²) < 4.78 is 32.6. The molecule has 2 aromatic carbocycles. The molecule has 0 aliphatic heterocycles. The van der Waals surface area contributed by atoms with E-state index in [1.54, 1.807) is 32.2 Å². The van der Waals surface area contributed by atoms with Crippen LogP contribution in [0.5, 0.6) is 0 Å². The van der Waals surface area contributed by atoms with Crippen molar-refractivity contribution in [2.24, 2.45) is 0 Å². The molecule has 0 saturated heterocycles. The zero-order valence-electron chi connectivity index (χ0n) is 16.5. The Balaban J connectivity index is 1.46. The second-order valence-corrected chi connectivity index (χ2v) is 9.47. The minimum absolute atomic E-state index is 0.166. The van der Waals surface area contributed by atoms with Gasteiger partial charge in [0.25, 0.3) is 0 Å². The van der Waals surface area contributed by atoms with Gasteiger partial charge in [-0.3, -0.25) is 4.79 Å². The van der Waals surface area contributed by atoms with E-state index in [9.17, 15) is 13.2 Å². The van der Waals surface area contributed by atoms with Crippen molar-refractivity contribution in [2.45, 2.75) is 50.5 Å². The largest absolute Gasteiger partial charge is 0.464 e. The number of nitrogens with one attached hydrogen (secondary N) is 2. The summed E-state index contributed by atoms with van der Waals surface area (Å²) in [5.41, 5.74) is 4.90. The summed E-state index contributed by atoms with van der Waals surface area (Å²) in [5, 5.41) is 3.81. The van der Waals surface area contributed by atoms with Gasteiger partial charge >= 0.3 is 0 Å². The number of carbonyl (C=O) groups is 1. The van der Waals surface area contributed by atoms with Gasteiger partial charge in [-0.25, -0.2) is 13.1 Å². The Labute approximate surface area is 170 Å². The van der Waals surface area contributed by atoms with Gasteiger partial charge in [-0.05, 0) is 80.6 Å². The van der Waals surface area contributed by atoms with E-state index >= 15 is 0 Å². The molecule has 0 saturated carbocycles. The Kier molecular flexibility index (Phi) is 5.19. The van der Waals surface area contributed by atoms with E-state index in [0.717, 1.165) is 35.8 Å². The number of carbonyl (C=O) groups excluding carboxylic acids is 1. The average Bonchev–Trinajstić information content (AvgIpc) is 3.26. The molecule has 4 rings (SSSR count). The lowest BCUT2D eigenvalue weighted by Crippen LogP contribution is -2.30. The minimum atomic E-state index is -3.55. The first-order chi connectivity index (χ1) is 13.8. The fraction of sp³-hybridized carbons (Fsp3) is 0.318. The van der Waals surface area contributed by atoms with Gasteiger partial charge in [-0.15, -0.1) is 0 Å². The maximum atomic E-state index is 12.5. The van der Waals surface area contributed by atoms with Crippen LogP contribution in [-0.4, -0.2) is 20.4 Å². The number of rotatable bonds is 6. The molecule has 29 heavy (non-hydrogen) atoms. The standard InChI is InChI=1S/C22H24N2O4S/c1-14(2)24-29(26,27)19-8-6-18(7-9-19)23-22(25)12-17-13-28-21-11-16-5-3-4-15(16)10-20(17)21/h6-11,13-14,24H,3-5,12H2,1-2H3,(H,23,25). The molecule has 1 heterocycles. The molecule has 0 spiro atoms. The summed E-state index contributed by atoms with van der Waals surface area (Å²) in [6.07, 6.45) is 5.16. The number of aryl methyl sites for hydroxylation is 2. The summed E-state index contributed by atoms with van der Waals surface area (Å²) in [7, 11) is -3.55. The van der Waals surface area contributed by atoms with Gasteiger partial charge in [-0.1, -0.05) is 0 Å². The molecule has 1 aliphatic carbocycles. The molecule has 1 aliphatic rings. The van der Waals surface area contributed by atoms with Gasteiger partial charge in [0.1, 0.15) is 5.58 Å². The number of anilines is 1. The quantitative estimate of drug-likeness (QED) is 0.645. The van der Waals surface area contributed by atoms with Gasteiger partial charge in [-0.2, -0.15) is 0 Å². The highest BCUT2D eigenvalue weighted by molar-refractivity contribution is 7.89. The summed E-state index contributed by atoms with van der Waals surface area (Å²) >= 11 is 0. The molecule has 0 bridgehead atoms. The molecule has 1 aromatic heterocycles. The summed E-state index contributed by atoms with van der Waals surface area (Å²) in [6.45, 7) is 3.53. The minimum Gasteiger partial charge on any atom is -0.464 e. The Hall–Kier alpha value is -2.64. The number of amides is 1. The maximum Gasteiger partial charge on any atom is 0.240 e. The highest BCUT2D eigenvalue weighted by atomic mass is 32.2. The van der Waals surface area contributed by atoms with Crippen molar-refractivity contribution in [3.05, 3.63) is 59.4 Å². The van der Waals surface area contributed by atoms with Crippen LogP contribution in [0.3, 0.4) is 0 Å². The van der Waals surface area contributed by atoms with E-state index < -0.39 is 10.0 Å². The van der Waals surface area contributed by atoms with E-state index in [4.69, 9.17) is 4.42 Å². The number of hydrogen-bond donors (Lipinski definition) is 2. The number of fused-ring (bicyclic) bond motifs is 2. The molecule has 7 heteroatoms. The molecule has 0 atom stereocenters. The van der Waals surface area contributed by atoms with Crippen LogP contribution in [-0.2, 0) is 34.1 Å². The molecule has 0 unspecified atom stereocenters. The maximum absolute atomic E-state index is 12.5. The van der Waals surface area contributed by atoms with Crippen LogP contribution in [0, 0.1) is 0 Å². The van der Waals surface area contributed by atoms with Gasteiger partial charge in [0.15, 0.2) is 0 Å². The molecular weight excluding hydrogens is 388 g/mol. The van der Waals surface area contributed by atoms with Gasteiger partial charge in [0.2, 0.25) is 15.9 Å². The molecule has 3 aromatic rings. The molecule has 152 valence electrons. The van der Waals surface area contributed by atoms with Crippen molar-refractivity contribution in [2.75, 3.05) is 5.32 Å². The van der Waals surface area contributed by atoms with Gasteiger partial charge in [0, 0.05) is 22.7 Å². The first-order valence-corrected chi connectivity index (χ1v) is 11.2. The first kappa shape index (κ1) is 19.7. The third-order valence-corrected chi connectivity index (χ3v) is 6.73. The highest BCUT2D eigenvalue weighted by Crippen LogP contribution is 2.30. The third-order valence-electron chi connectivity index (χ3n) is 5.06. The molecule has 0 radical (unpaired) electrons. The van der Waals surface area contributed by atoms with E-state index in [-0.39, 0.29) is 23.3 Å². The zero-order valence-corrected chi connectivity index (χ0v) is 17.3. The fourth-order valence-electron chi connectivity index (χ4n) is 3.76. The summed E-state index contributed by atoms with van der Waals surface area (Å²) in [6, 6.07) is 10.2. The Bertz CT molecular complexity index is 1160. The molecule has 0 fully saturated rings. The average molecular weight is 413 g/mol. The normalized spacial score (nSPS) is 13.8. The summed E-state index contributed by atoms with van der Waals surface area (Å²) in [5.74, 6) is -0.177. The second kappa shape index (κ2) is 7.65. The van der Waals surface area contributed by atoms with Gasteiger partial charge < -0.3 is 9.73 Å². The predicted molar refractivity (Wildman–Crippen MR) is 112 cm³/mol. The van der Waals surface area contributed by atoms with E-state index in [1.165, 1.54) is 23.3 Å². The number of sulfonamides is 1. The lowest BCUT2D eigenvalue weighted by molar-refractivity contribution is -0.115. The topological polar surface area (TPSA) is 88.4 Å². The SMILES string of the molecule is CC(C)NS(=O)(=O)c1ccc(NC(=O)Cc2coc3cc4c(cc23)CCC4)cc1. The zero-order chi connectivity index (χ0) is 20.6. The number of hydrogen-bond acceptors (Lipinski definition) is 4. The summed E-state index contributed by atoms with van der Waals surface area (Å²) in [4.78, 5) is 12.7. The Morgan fingerprint density at radius 1 is 1.10 bits per heavy atom. The molecule has 6 nitrogen and oxygen atoms in total. The lowest BCUT2D eigenvalue weighted by atomic mass is 10.0. The van der Waals surface area contributed by atoms with Crippen molar-refractivity contribution >= 4 is 32.6 Å². The van der Waals surface area contributed by atoms with Crippen LogP contribution in [0.4, 0.5) is 5.69 Å². The van der Waals surface area contributed by atoms with E-state index in [1.807, 2.05) is 0 Å². The second-order valence-electron chi connectivity index (χ2n) is 7.76. The van der Waals surface area contributed by atoms with Crippen LogP contribution in [0.1, 0.15) is 37.0 Å². The number of furan rings is 1. The van der Waals surface area contributed by atoms with E-state index in [2.05, 4.69) is 22.2 Å².